The summed E-state index contributed by atoms with van der Waals surface area (Å²) in [7, 11) is 2.17. The molecular weight excluding hydrogens is 196 g/mol. The lowest BCUT2D eigenvalue weighted by molar-refractivity contribution is -0.654. The molecule has 2 heteroatoms. The maximum Gasteiger partial charge on any atom is 0.0752 e. The SMILES string of the molecule is C.CCCN(C)CCC.CCC[NH2+]CCC. The predicted molar refractivity (Wildman–Crippen MR) is 77.1 cm³/mol. The lowest BCUT2D eigenvalue weighted by atomic mass is 10.4. The fourth-order valence-electron chi connectivity index (χ4n) is 1.43. The van der Waals surface area contributed by atoms with Crippen LogP contribution in [0.5, 0.6) is 0 Å². The van der Waals surface area contributed by atoms with Crippen LogP contribution in [-0.2, 0) is 0 Å². The van der Waals surface area contributed by atoms with E-state index in [2.05, 4.69) is 45.0 Å². The highest BCUT2D eigenvalue weighted by molar-refractivity contribution is 4.45. The van der Waals surface area contributed by atoms with Crippen LogP contribution < -0.4 is 5.32 Å². The van der Waals surface area contributed by atoms with Gasteiger partial charge in [0.2, 0.25) is 0 Å². The number of quaternary nitrogens is 1. The Morgan fingerprint density at radius 3 is 1.38 bits per heavy atom. The summed E-state index contributed by atoms with van der Waals surface area (Å²) in [5.41, 5.74) is 0. The first kappa shape index (κ1) is 21.2. The summed E-state index contributed by atoms with van der Waals surface area (Å²) in [6.07, 6.45) is 5.16. The summed E-state index contributed by atoms with van der Waals surface area (Å²) in [6, 6.07) is 0. The maximum absolute atomic E-state index is 2.36. The van der Waals surface area contributed by atoms with Gasteiger partial charge in [-0.05, 0) is 45.8 Å². The van der Waals surface area contributed by atoms with Crippen LogP contribution in [0.4, 0.5) is 0 Å². The van der Waals surface area contributed by atoms with Crippen molar-refractivity contribution in [1.82, 2.24) is 4.90 Å². The number of hydrogen-bond acceptors (Lipinski definition) is 1. The Balaban J connectivity index is -0.000000200. The molecule has 0 rings (SSSR count). The van der Waals surface area contributed by atoms with Gasteiger partial charge in [-0.2, -0.15) is 0 Å². The average Bonchev–Trinajstić information content (AvgIpc) is 2.20. The average molecular weight is 233 g/mol. The number of nitrogens with two attached hydrogens (primary N) is 1. The van der Waals surface area contributed by atoms with Gasteiger partial charge >= 0.3 is 0 Å². The molecule has 0 bridgehead atoms. The van der Waals surface area contributed by atoms with Crippen LogP contribution in [0.3, 0.4) is 0 Å². The van der Waals surface area contributed by atoms with Gasteiger partial charge in [-0.1, -0.05) is 35.1 Å². The van der Waals surface area contributed by atoms with E-state index in [1.165, 1.54) is 51.9 Å². The number of hydrogen-bond donors (Lipinski definition) is 1. The molecule has 2 N–H and O–H groups in total. The van der Waals surface area contributed by atoms with Gasteiger partial charge < -0.3 is 10.2 Å². The van der Waals surface area contributed by atoms with E-state index in [1.807, 2.05) is 0 Å². The molecular formula is C14H37N2+. The first-order valence-corrected chi connectivity index (χ1v) is 6.72. The van der Waals surface area contributed by atoms with E-state index in [9.17, 15) is 0 Å². The zero-order chi connectivity index (χ0) is 11.9. The molecule has 0 aromatic carbocycles. The minimum Gasteiger partial charge on any atom is -0.346 e. The van der Waals surface area contributed by atoms with Gasteiger partial charge in [0.15, 0.2) is 0 Å². The van der Waals surface area contributed by atoms with E-state index < -0.39 is 0 Å². The van der Waals surface area contributed by atoms with Gasteiger partial charge in [0, 0.05) is 0 Å². The van der Waals surface area contributed by atoms with E-state index in [0.29, 0.717) is 0 Å². The molecule has 0 fully saturated rings. The van der Waals surface area contributed by atoms with E-state index >= 15 is 0 Å². The summed E-state index contributed by atoms with van der Waals surface area (Å²) in [6.45, 7) is 13.9. The van der Waals surface area contributed by atoms with Crippen LogP contribution in [0, 0.1) is 0 Å². The van der Waals surface area contributed by atoms with Crippen LogP contribution in [0.15, 0.2) is 0 Å². The summed E-state index contributed by atoms with van der Waals surface area (Å²) in [5.74, 6) is 0. The molecule has 0 aliphatic rings. The summed E-state index contributed by atoms with van der Waals surface area (Å²) >= 11 is 0. The van der Waals surface area contributed by atoms with Gasteiger partial charge in [-0.15, -0.1) is 0 Å². The molecule has 0 aromatic rings. The molecule has 0 aliphatic carbocycles. The van der Waals surface area contributed by atoms with Crippen molar-refractivity contribution in [2.75, 3.05) is 33.2 Å². The summed E-state index contributed by atoms with van der Waals surface area (Å²) in [4.78, 5) is 2.36. The second kappa shape index (κ2) is 20.3. The highest BCUT2D eigenvalue weighted by Gasteiger charge is 1.90. The van der Waals surface area contributed by atoms with Gasteiger partial charge in [0.05, 0.1) is 13.1 Å². The molecule has 0 saturated heterocycles. The topological polar surface area (TPSA) is 19.9 Å². The normalized spacial score (nSPS) is 9.38. The second-order valence-electron chi connectivity index (χ2n) is 4.17. The second-order valence-corrected chi connectivity index (χ2v) is 4.17. The first-order valence-electron chi connectivity index (χ1n) is 6.72. The van der Waals surface area contributed by atoms with Crippen LogP contribution in [0.25, 0.3) is 0 Å². The van der Waals surface area contributed by atoms with Crippen molar-refractivity contribution in [3.05, 3.63) is 0 Å². The monoisotopic (exact) mass is 233 g/mol. The lowest BCUT2D eigenvalue weighted by Gasteiger charge is -2.12. The quantitative estimate of drug-likeness (QED) is 0.639. The molecule has 0 radical (unpaired) electrons. The van der Waals surface area contributed by atoms with Crippen LogP contribution >= 0.6 is 0 Å². The van der Waals surface area contributed by atoms with Gasteiger partial charge in [-0.3, -0.25) is 0 Å². The molecule has 0 amide bonds. The van der Waals surface area contributed by atoms with E-state index in [4.69, 9.17) is 0 Å². The van der Waals surface area contributed by atoms with Crippen molar-refractivity contribution in [3.63, 3.8) is 0 Å². The lowest BCUT2D eigenvalue weighted by Crippen LogP contribution is -2.84. The van der Waals surface area contributed by atoms with Gasteiger partial charge in [0.25, 0.3) is 0 Å². The highest BCUT2D eigenvalue weighted by Crippen LogP contribution is 1.86. The smallest absolute Gasteiger partial charge is 0.0752 e. The molecule has 0 saturated carbocycles. The Bertz CT molecular complexity index is 84.7. The molecule has 0 aliphatic heterocycles. The number of nitrogens with zero attached hydrogens (tertiary/aromatic N) is 1. The zero-order valence-electron chi connectivity index (χ0n) is 11.7. The first-order chi connectivity index (χ1) is 7.22. The maximum atomic E-state index is 2.36. The van der Waals surface area contributed by atoms with Crippen molar-refractivity contribution < 1.29 is 5.32 Å². The van der Waals surface area contributed by atoms with Crippen molar-refractivity contribution in [1.29, 1.82) is 0 Å². The fraction of sp³-hybridized carbons (Fsp3) is 1.00. The molecule has 0 atom stereocenters. The van der Waals surface area contributed by atoms with Crippen molar-refractivity contribution in [3.8, 4) is 0 Å². The third-order valence-corrected chi connectivity index (χ3v) is 2.20. The zero-order valence-corrected chi connectivity index (χ0v) is 11.7. The van der Waals surface area contributed by atoms with Crippen molar-refractivity contribution in [2.24, 2.45) is 0 Å². The number of rotatable bonds is 8. The largest absolute Gasteiger partial charge is 0.346 e. The van der Waals surface area contributed by atoms with Crippen LogP contribution in [0.1, 0.15) is 60.8 Å². The summed E-state index contributed by atoms with van der Waals surface area (Å²) in [5, 5.41) is 2.36. The molecule has 0 aromatic heterocycles. The highest BCUT2D eigenvalue weighted by atomic mass is 15.1. The van der Waals surface area contributed by atoms with Gasteiger partial charge in [0.1, 0.15) is 0 Å². The Morgan fingerprint density at radius 2 is 1.12 bits per heavy atom. The van der Waals surface area contributed by atoms with E-state index in [0.717, 1.165) is 0 Å². The van der Waals surface area contributed by atoms with Gasteiger partial charge in [-0.25, -0.2) is 0 Å². The van der Waals surface area contributed by atoms with E-state index in [-0.39, 0.29) is 7.43 Å². The molecule has 16 heavy (non-hydrogen) atoms. The molecule has 0 unspecified atom stereocenters. The Labute approximate surface area is 105 Å². The molecule has 0 spiro atoms. The Hall–Kier alpha value is -0.0800. The van der Waals surface area contributed by atoms with Crippen molar-refractivity contribution in [2.45, 2.75) is 60.8 Å². The Morgan fingerprint density at radius 1 is 0.750 bits per heavy atom. The third-order valence-electron chi connectivity index (χ3n) is 2.20. The van der Waals surface area contributed by atoms with Crippen LogP contribution in [0.2, 0.25) is 0 Å². The minimum absolute atomic E-state index is 0. The van der Waals surface area contributed by atoms with Crippen molar-refractivity contribution >= 4 is 0 Å². The fourth-order valence-corrected chi connectivity index (χ4v) is 1.43. The van der Waals surface area contributed by atoms with E-state index in [1.54, 1.807) is 0 Å². The molecule has 0 heterocycles. The standard InChI is InChI=1S/C7H17N.C6H15N.CH4/c1-4-6-8(3)7-5-2;1-3-5-7-6-4-2;/h4-7H2,1-3H3;7H,3-6H2,1-2H3;1H4/p+1. The third kappa shape index (κ3) is 23.6. The summed E-state index contributed by atoms with van der Waals surface area (Å²) < 4.78 is 0. The molecule has 102 valence electrons. The predicted octanol–water partition coefficient (Wildman–Crippen LogP) is 2.74. The Kier molecular flexibility index (Phi) is 27.0. The van der Waals surface area contributed by atoms with Crippen LogP contribution in [-0.4, -0.2) is 38.1 Å². The minimum atomic E-state index is 0. The molecule has 2 nitrogen and oxygen atoms in total.